The number of alkyl halides is 3. The highest BCUT2D eigenvalue weighted by Crippen LogP contribution is 2.54. The van der Waals surface area contributed by atoms with Crippen molar-refractivity contribution in [1.29, 1.82) is 0 Å². The van der Waals surface area contributed by atoms with Crippen LogP contribution >= 0.6 is 0 Å². The second-order valence-electron chi connectivity index (χ2n) is 8.38. The standard InChI is InChI=1S/C21H27F3N4O2/c1-4-5-6-13(3)18(29)25-11-20-9-14(26-16(20)10-20)19(30)28-17-12(2)7-8-15(27-17)21(22,23)24/h4,7-8,13-14,16,26H,1,5-6,9-11H2,2-3H3,(H,25,29)(H,27,28,30)/t13?,14-,16+,20-/m0/s1. The van der Waals surface area contributed by atoms with Crippen molar-refractivity contribution in [2.75, 3.05) is 11.9 Å². The summed E-state index contributed by atoms with van der Waals surface area (Å²) in [7, 11) is 0. The average molecular weight is 424 g/mol. The van der Waals surface area contributed by atoms with Crippen molar-refractivity contribution in [2.24, 2.45) is 11.3 Å². The molecule has 2 amide bonds. The second-order valence-corrected chi connectivity index (χ2v) is 8.38. The largest absolute Gasteiger partial charge is 0.433 e. The number of aromatic nitrogens is 1. The zero-order chi connectivity index (χ0) is 22.1. The summed E-state index contributed by atoms with van der Waals surface area (Å²) in [4.78, 5) is 28.4. The summed E-state index contributed by atoms with van der Waals surface area (Å²) in [6.45, 7) is 7.60. The molecule has 2 aliphatic rings. The van der Waals surface area contributed by atoms with Crippen molar-refractivity contribution in [3.8, 4) is 0 Å². The summed E-state index contributed by atoms with van der Waals surface area (Å²) < 4.78 is 38.7. The number of nitrogens with zero attached hydrogens (tertiary/aromatic N) is 1. The lowest BCUT2D eigenvalue weighted by molar-refractivity contribution is -0.141. The van der Waals surface area contributed by atoms with Gasteiger partial charge in [0.1, 0.15) is 11.5 Å². The zero-order valence-electron chi connectivity index (χ0n) is 17.1. The maximum Gasteiger partial charge on any atom is 0.433 e. The van der Waals surface area contributed by atoms with Crippen LogP contribution in [-0.4, -0.2) is 35.4 Å². The van der Waals surface area contributed by atoms with Gasteiger partial charge in [-0.3, -0.25) is 9.59 Å². The summed E-state index contributed by atoms with van der Waals surface area (Å²) >= 11 is 0. The summed E-state index contributed by atoms with van der Waals surface area (Å²) in [6, 6.07) is 1.76. The molecule has 1 aromatic rings. The number of fused-ring (bicyclic) bond motifs is 1. The molecular weight excluding hydrogens is 397 g/mol. The van der Waals surface area contributed by atoms with E-state index in [1.54, 1.807) is 13.0 Å². The molecule has 164 valence electrons. The van der Waals surface area contributed by atoms with Gasteiger partial charge in [-0.2, -0.15) is 13.2 Å². The number of pyridine rings is 1. The molecule has 1 saturated carbocycles. The SMILES string of the molecule is C=CCCC(C)C(=O)NC[C@@]12C[C@@H](C(=O)Nc3nc(C(F)(F)F)ccc3C)N[C@@H]1C2. The van der Waals surface area contributed by atoms with E-state index < -0.39 is 23.8 Å². The van der Waals surface area contributed by atoms with Gasteiger partial charge in [0.15, 0.2) is 0 Å². The molecule has 1 aliphatic heterocycles. The molecule has 3 N–H and O–H groups in total. The number of allylic oxidation sites excluding steroid dienone is 1. The second kappa shape index (κ2) is 8.37. The number of carbonyl (C=O) groups is 2. The van der Waals surface area contributed by atoms with Gasteiger partial charge in [-0.1, -0.05) is 19.1 Å². The molecule has 0 spiro atoms. The summed E-state index contributed by atoms with van der Waals surface area (Å²) in [5.41, 5.74) is -0.767. The number of halogens is 3. The lowest BCUT2D eigenvalue weighted by Crippen LogP contribution is -2.39. The van der Waals surface area contributed by atoms with Crippen molar-refractivity contribution >= 4 is 17.6 Å². The number of nitrogens with one attached hydrogen (secondary N) is 3. The fourth-order valence-electron chi connectivity index (χ4n) is 3.91. The predicted molar refractivity (Wildman–Crippen MR) is 107 cm³/mol. The number of hydrogen-bond donors (Lipinski definition) is 3. The Morgan fingerprint density at radius 3 is 2.80 bits per heavy atom. The monoisotopic (exact) mass is 424 g/mol. The summed E-state index contributed by atoms with van der Waals surface area (Å²) in [6.07, 6.45) is 0.0885. The molecule has 9 heteroatoms. The molecule has 0 radical (unpaired) electrons. The van der Waals surface area contributed by atoms with E-state index in [9.17, 15) is 22.8 Å². The normalized spacial score (nSPS) is 25.9. The van der Waals surface area contributed by atoms with Gasteiger partial charge < -0.3 is 16.0 Å². The first-order valence-electron chi connectivity index (χ1n) is 10.1. The van der Waals surface area contributed by atoms with Crippen molar-refractivity contribution in [2.45, 2.75) is 57.8 Å². The third-order valence-corrected chi connectivity index (χ3v) is 6.01. The quantitative estimate of drug-likeness (QED) is 0.560. The van der Waals surface area contributed by atoms with E-state index in [0.29, 0.717) is 18.5 Å². The lowest BCUT2D eigenvalue weighted by Gasteiger charge is -2.18. The van der Waals surface area contributed by atoms with E-state index in [0.717, 1.165) is 25.3 Å². The van der Waals surface area contributed by atoms with Crippen LogP contribution in [0.3, 0.4) is 0 Å². The van der Waals surface area contributed by atoms with Gasteiger partial charge in [0.25, 0.3) is 0 Å². The van der Waals surface area contributed by atoms with Gasteiger partial charge in [0, 0.05) is 23.9 Å². The first kappa shape index (κ1) is 22.3. The Hall–Kier alpha value is -2.42. The van der Waals surface area contributed by atoms with Crippen LogP contribution in [0, 0.1) is 18.3 Å². The first-order chi connectivity index (χ1) is 14.1. The molecule has 3 rings (SSSR count). The van der Waals surface area contributed by atoms with Crippen LogP contribution < -0.4 is 16.0 Å². The summed E-state index contributed by atoms with van der Waals surface area (Å²) in [5, 5.41) is 8.71. The van der Waals surface area contributed by atoms with Crippen LogP contribution in [0.2, 0.25) is 0 Å². The van der Waals surface area contributed by atoms with Crippen LogP contribution in [-0.2, 0) is 15.8 Å². The van der Waals surface area contributed by atoms with Crippen molar-refractivity contribution in [3.05, 3.63) is 36.0 Å². The lowest BCUT2D eigenvalue weighted by atomic mass is 9.98. The molecule has 4 atom stereocenters. The molecule has 1 aliphatic carbocycles. The third kappa shape index (κ3) is 4.83. The topological polar surface area (TPSA) is 83.1 Å². The van der Waals surface area contributed by atoms with E-state index in [4.69, 9.17) is 0 Å². The number of hydrogen-bond acceptors (Lipinski definition) is 4. The molecule has 6 nitrogen and oxygen atoms in total. The number of carbonyl (C=O) groups excluding carboxylic acids is 2. The predicted octanol–water partition coefficient (Wildman–Crippen LogP) is 3.19. The number of piperidine rings is 1. The van der Waals surface area contributed by atoms with E-state index in [-0.39, 0.29) is 29.1 Å². The molecule has 1 aromatic heterocycles. The van der Waals surface area contributed by atoms with Crippen molar-refractivity contribution < 1.29 is 22.8 Å². The highest BCUT2D eigenvalue weighted by molar-refractivity contribution is 5.95. The van der Waals surface area contributed by atoms with Gasteiger partial charge in [-0.15, -0.1) is 6.58 Å². The Morgan fingerprint density at radius 2 is 2.13 bits per heavy atom. The minimum absolute atomic E-state index is 0.0198. The number of anilines is 1. The molecule has 1 unspecified atom stereocenters. The molecular formula is C21H27F3N4O2. The Kier molecular flexibility index (Phi) is 6.21. The Morgan fingerprint density at radius 1 is 1.40 bits per heavy atom. The molecule has 2 fully saturated rings. The average Bonchev–Trinajstić information content (AvgIpc) is 3.24. The highest BCUT2D eigenvalue weighted by Gasteiger charge is 2.61. The molecule has 30 heavy (non-hydrogen) atoms. The Balaban J connectivity index is 1.55. The maximum atomic E-state index is 12.9. The molecule has 0 bridgehead atoms. The van der Waals surface area contributed by atoms with Crippen LogP contribution in [0.15, 0.2) is 24.8 Å². The van der Waals surface area contributed by atoms with Gasteiger partial charge in [-0.25, -0.2) is 4.98 Å². The van der Waals surface area contributed by atoms with Gasteiger partial charge in [0.05, 0.1) is 6.04 Å². The molecule has 2 heterocycles. The maximum absolute atomic E-state index is 12.9. The molecule has 0 aromatic carbocycles. The van der Waals surface area contributed by atoms with Crippen LogP contribution in [0.25, 0.3) is 0 Å². The molecule has 1 saturated heterocycles. The Labute approximate surface area is 173 Å². The van der Waals surface area contributed by atoms with Crippen molar-refractivity contribution in [1.82, 2.24) is 15.6 Å². The third-order valence-electron chi connectivity index (χ3n) is 6.01. The highest BCUT2D eigenvalue weighted by atomic mass is 19.4. The smallest absolute Gasteiger partial charge is 0.355 e. The van der Waals surface area contributed by atoms with Crippen LogP contribution in [0.5, 0.6) is 0 Å². The van der Waals surface area contributed by atoms with Crippen molar-refractivity contribution in [3.63, 3.8) is 0 Å². The Bertz CT molecular complexity index is 842. The fraction of sp³-hybridized carbons (Fsp3) is 0.571. The number of amides is 2. The van der Waals surface area contributed by atoms with Gasteiger partial charge in [-0.05, 0) is 44.2 Å². The van der Waals surface area contributed by atoms with E-state index in [1.807, 2.05) is 6.92 Å². The minimum Gasteiger partial charge on any atom is -0.355 e. The van der Waals surface area contributed by atoms with E-state index in [1.165, 1.54) is 6.07 Å². The number of rotatable bonds is 8. The minimum atomic E-state index is -4.58. The van der Waals surface area contributed by atoms with Gasteiger partial charge in [0.2, 0.25) is 11.8 Å². The zero-order valence-corrected chi connectivity index (χ0v) is 17.1. The fourth-order valence-corrected chi connectivity index (χ4v) is 3.91. The van der Waals surface area contributed by atoms with Crippen LogP contribution in [0.1, 0.15) is 43.9 Å². The first-order valence-corrected chi connectivity index (χ1v) is 10.1. The van der Waals surface area contributed by atoms with Crippen LogP contribution in [0.4, 0.5) is 19.0 Å². The summed E-state index contributed by atoms with van der Waals surface area (Å²) in [5.74, 6) is -0.633. The van der Waals surface area contributed by atoms with E-state index >= 15 is 0 Å². The number of aryl methyl sites for hydroxylation is 1. The van der Waals surface area contributed by atoms with E-state index in [2.05, 4.69) is 27.5 Å². The van der Waals surface area contributed by atoms with Gasteiger partial charge >= 0.3 is 6.18 Å².